The van der Waals surface area contributed by atoms with Crippen LogP contribution in [0.2, 0.25) is 0 Å². The number of carbonyl (C=O) groups is 2. The van der Waals surface area contributed by atoms with E-state index in [4.69, 9.17) is 5.73 Å². The number of nitrogen functional groups attached to an aromatic ring is 1. The van der Waals surface area contributed by atoms with Crippen LogP contribution in [0.1, 0.15) is 29.8 Å². The fourth-order valence-corrected chi connectivity index (χ4v) is 3.22. The largest absolute Gasteiger partial charge is 0.383 e. The van der Waals surface area contributed by atoms with Gasteiger partial charge in [0, 0.05) is 24.7 Å². The van der Waals surface area contributed by atoms with Gasteiger partial charge in [0.25, 0.3) is 11.5 Å². The minimum atomic E-state index is -0.739. The number of aromatic nitrogens is 2. The van der Waals surface area contributed by atoms with Crippen LogP contribution in [0.15, 0.2) is 64.2 Å². The van der Waals surface area contributed by atoms with Crippen molar-refractivity contribution in [2.24, 2.45) is 0 Å². The van der Waals surface area contributed by atoms with Gasteiger partial charge in [-0.05, 0) is 36.8 Å². The lowest BCUT2D eigenvalue weighted by atomic mass is 10.1. The summed E-state index contributed by atoms with van der Waals surface area (Å²) in [6, 6.07) is 15.4. The van der Waals surface area contributed by atoms with Gasteiger partial charge in [0.05, 0.1) is 6.54 Å². The van der Waals surface area contributed by atoms with Gasteiger partial charge >= 0.3 is 5.69 Å². The molecule has 9 nitrogen and oxygen atoms in total. The highest BCUT2D eigenvalue weighted by Gasteiger charge is 2.24. The van der Waals surface area contributed by atoms with Gasteiger partial charge in [0.2, 0.25) is 5.91 Å². The van der Waals surface area contributed by atoms with E-state index >= 15 is 0 Å². The highest BCUT2D eigenvalue weighted by Crippen LogP contribution is 2.21. The quantitative estimate of drug-likeness (QED) is 0.559. The molecule has 3 aromatic rings. The molecule has 3 rings (SSSR count). The first kappa shape index (κ1) is 21.6. The summed E-state index contributed by atoms with van der Waals surface area (Å²) in [6.45, 7) is 3.39. The predicted molar refractivity (Wildman–Crippen MR) is 119 cm³/mol. The highest BCUT2D eigenvalue weighted by atomic mass is 16.2. The summed E-state index contributed by atoms with van der Waals surface area (Å²) in [5.41, 5.74) is 6.38. The Morgan fingerprint density at radius 2 is 1.71 bits per heavy atom. The fraction of sp³-hybridized carbons (Fsp3) is 0.182. The number of anilines is 3. The smallest absolute Gasteiger partial charge is 0.330 e. The molecule has 0 aliphatic heterocycles. The maximum atomic E-state index is 13.1. The first-order valence-electron chi connectivity index (χ1n) is 9.67. The Morgan fingerprint density at radius 3 is 2.29 bits per heavy atom. The number of rotatable bonds is 6. The zero-order valence-corrected chi connectivity index (χ0v) is 17.2. The maximum absolute atomic E-state index is 13.1. The Labute approximate surface area is 178 Å². The summed E-state index contributed by atoms with van der Waals surface area (Å²) >= 11 is 0. The first-order chi connectivity index (χ1) is 14.8. The molecular formula is C22H23N5O4. The molecule has 2 aromatic carbocycles. The molecule has 0 unspecified atom stereocenters. The average Bonchev–Trinajstić information content (AvgIpc) is 2.74. The van der Waals surface area contributed by atoms with E-state index in [-0.39, 0.29) is 30.5 Å². The third-order valence-electron chi connectivity index (χ3n) is 4.68. The summed E-state index contributed by atoms with van der Waals surface area (Å²) in [4.78, 5) is 52.7. The summed E-state index contributed by atoms with van der Waals surface area (Å²) in [5.74, 6) is -0.782. The topological polar surface area (TPSA) is 130 Å². The third-order valence-corrected chi connectivity index (χ3v) is 4.68. The molecule has 0 radical (unpaired) electrons. The molecule has 0 aliphatic carbocycles. The zero-order valence-electron chi connectivity index (χ0n) is 17.2. The maximum Gasteiger partial charge on any atom is 0.330 e. The van der Waals surface area contributed by atoms with Crippen LogP contribution in [0.4, 0.5) is 17.2 Å². The van der Waals surface area contributed by atoms with E-state index in [1.165, 1.54) is 16.4 Å². The molecule has 0 atom stereocenters. The van der Waals surface area contributed by atoms with Gasteiger partial charge in [0.1, 0.15) is 5.82 Å². The van der Waals surface area contributed by atoms with Crippen LogP contribution in [0.5, 0.6) is 0 Å². The fourth-order valence-electron chi connectivity index (χ4n) is 3.22. The summed E-state index contributed by atoms with van der Waals surface area (Å²) in [6.07, 6.45) is 0. The van der Waals surface area contributed by atoms with Gasteiger partial charge < -0.3 is 16.0 Å². The molecule has 0 saturated carbocycles. The van der Waals surface area contributed by atoms with Gasteiger partial charge in [-0.2, -0.15) is 0 Å². The standard InChI is InChI=1S/C22H23N5O4/c1-3-26(21(30)16-9-11-17(12-10-16)24-14(2)28)18-19(23)27(22(31)25-20(18)29)13-15-7-5-4-6-8-15/h4-12H,3,13,23H2,1-2H3,(H,24,28)(H,25,29,31). The molecule has 4 N–H and O–H groups in total. The van der Waals surface area contributed by atoms with Crippen molar-refractivity contribution in [1.82, 2.24) is 9.55 Å². The van der Waals surface area contributed by atoms with E-state index in [0.717, 1.165) is 5.56 Å². The number of benzene rings is 2. The number of nitrogens with one attached hydrogen (secondary N) is 2. The van der Waals surface area contributed by atoms with Crippen LogP contribution in [0.3, 0.4) is 0 Å². The molecule has 0 saturated heterocycles. The first-order valence-corrected chi connectivity index (χ1v) is 9.67. The Kier molecular flexibility index (Phi) is 6.35. The molecule has 2 amide bonds. The van der Waals surface area contributed by atoms with Crippen LogP contribution >= 0.6 is 0 Å². The Morgan fingerprint density at radius 1 is 1.06 bits per heavy atom. The Balaban J connectivity index is 2.00. The van der Waals surface area contributed by atoms with E-state index in [1.807, 2.05) is 30.3 Å². The number of amides is 2. The molecule has 1 heterocycles. The number of nitrogens with two attached hydrogens (primary N) is 1. The van der Waals surface area contributed by atoms with Crippen LogP contribution in [-0.4, -0.2) is 27.9 Å². The second-order valence-electron chi connectivity index (χ2n) is 6.87. The molecule has 0 aliphatic rings. The highest BCUT2D eigenvalue weighted by molar-refractivity contribution is 6.07. The van der Waals surface area contributed by atoms with Crippen molar-refractivity contribution < 1.29 is 9.59 Å². The van der Waals surface area contributed by atoms with Gasteiger partial charge in [-0.1, -0.05) is 30.3 Å². The normalized spacial score (nSPS) is 10.5. The van der Waals surface area contributed by atoms with E-state index in [0.29, 0.717) is 11.3 Å². The monoisotopic (exact) mass is 421 g/mol. The van der Waals surface area contributed by atoms with E-state index < -0.39 is 17.2 Å². The Hall–Kier alpha value is -4.14. The van der Waals surface area contributed by atoms with E-state index in [2.05, 4.69) is 10.3 Å². The molecule has 0 bridgehead atoms. The molecule has 31 heavy (non-hydrogen) atoms. The van der Waals surface area contributed by atoms with Gasteiger partial charge in [-0.15, -0.1) is 0 Å². The van der Waals surface area contributed by atoms with Gasteiger partial charge in [0.15, 0.2) is 5.69 Å². The number of hydrogen-bond acceptors (Lipinski definition) is 5. The second-order valence-corrected chi connectivity index (χ2v) is 6.87. The van der Waals surface area contributed by atoms with Crippen LogP contribution in [0.25, 0.3) is 0 Å². The summed E-state index contributed by atoms with van der Waals surface area (Å²) < 4.78 is 1.22. The molecule has 160 valence electrons. The lowest BCUT2D eigenvalue weighted by Gasteiger charge is -2.23. The minimum Gasteiger partial charge on any atom is -0.383 e. The number of H-pyrrole nitrogens is 1. The van der Waals surface area contributed by atoms with Crippen LogP contribution in [-0.2, 0) is 11.3 Å². The van der Waals surface area contributed by atoms with Crippen molar-refractivity contribution in [2.45, 2.75) is 20.4 Å². The lowest BCUT2D eigenvalue weighted by molar-refractivity contribution is -0.114. The van der Waals surface area contributed by atoms with Crippen molar-refractivity contribution in [3.8, 4) is 0 Å². The zero-order chi connectivity index (χ0) is 22.5. The predicted octanol–water partition coefficient (Wildman–Crippen LogP) is 1.79. The van der Waals surface area contributed by atoms with Crippen LogP contribution < -0.4 is 27.2 Å². The Bertz CT molecular complexity index is 1210. The number of aromatic amines is 1. The number of nitrogens with zero attached hydrogens (tertiary/aromatic N) is 2. The average molecular weight is 421 g/mol. The van der Waals surface area contributed by atoms with Gasteiger partial charge in [-0.25, -0.2) is 4.79 Å². The van der Waals surface area contributed by atoms with Crippen LogP contribution in [0, 0.1) is 0 Å². The van der Waals surface area contributed by atoms with E-state index in [1.54, 1.807) is 31.2 Å². The van der Waals surface area contributed by atoms with Crippen molar-refractivity contribution >= 4 is 29.0 Å². The molecule has 9 heteroatoms. The molecule has 1 aromatic heterocycles. The summed E-state index contributed by atoms with van der Waals surface area (Å²) in [7, 11) is 0. The van der Waals surface area contributed by atoms with Crippen molar-refractivity contribution in [3.05, 3.63) is 86.6 Å². The third kappa shape index (κ3) is 4.72. The molecule has 0 spiro atoms. The summed E-state index contributed by atoms with van der Waals surface area (Å²) in [5, 5.41) is 2.62. The minimum absolute atomic E-state index is 0.0889. The molecular weight excluding hydrogens is 398 g/mol. The van der Waals surface area contributed by atoms with E-state index in [9.17, 15) is 19.2 Å². The van der Waals surface area contributed by atoms with Crippen molar-refractivity contribution in [2.75, 3.05) is 22.5 Å². The number of hydrogen-bond donors (Lipinski definition) is 3. The van der Waals surface area contributed by atoms with Crippen molar-refractivity contribution in [3.63, 3.8) is 0 Å². The van der Waals surface area contributed by atoms with Gasteiger partial charge in [-0.3, -0.25) is 23.9 Å². The van der Waals surface area contributed by atoms with Crippen molar-refractivity contribution in [1.29, 1.82) is 0 Å². The second kappa shape index (κ2) is 9.12. The SMILES string of the molecule is CCN(C(=O)c1ccc(NC(C)=O)cc1)c1c(N)n(Cc2ccccc2)c(=O)[nH]c1=O. The lowest BCUT2D eigenvalue weighted by Crippen LogP contribution is -2.41. The molecule has 0 fully saturated rings. The number of carbonyl (C=O) groups excluding carboxylic acids is 2.